The molecule has 0 aliphatic carbocycles. The maximum Gasteiger partial charge on any atom is 0.193 e. The Morgan fingerprint density at radius 1 is 1.44 bits per heavy atom. The molecule has 3 rings (SSSR count). The largest absolute Gasteiger partial charge is 0.336 e. The third-order valence-corrected chi connectivity index (χ3v) is 3.59. The molecule has 3 aromatic rings. The summed E-state index contributed by atoms with van der Waals surface area (Å²) in [5.74, 6) is 0. The van der Waals surface area contributed by atoms with E-state index in [9.17, 15) is 0 Å². The predicted octanol–water partition coefficient (Wildman–Crippen LogP) is 1.77. The van der Waals surface area contributed by atoms with Crippen LogP contribution >= 0.6 is 11.3 Å². The summed E-state index contributed by atoms with van der Waals surface area (Å²) in [6, 6.07) is 0.388. The van der Waals surface area contributed by atoms with E-state index in [2.05, 4.69) is 37.4 Å². The fraction of sp³-hybridized carbons (Fsp3) is 0.333. The lowest BCUT2D eigenvalue weighted by molar-refractivity contribution is 0.473. The van der Waals surface area contributed by atoms with Gasteiger partial charge in [0.2, 0.25) is 0 Å². The van der Waals surface area contributed by atoms with E-state index in [-0.39, 0.29) is 0 Å². The van der Waals surface area contributed by atoms with Crippen molar-refractivity contribution in [2.75, 3.05) is 0 Å². The van der Waals surface area contributed by atoms with Crippen molar-refractivity contribution in [3.63, 3.8) is 0 Å². The van der Waals surface area contributed by atoms with Crippen molar-refractivity contribution in [1.29, 1.82) is 0 Å². The van der Waals surface area contributed by atoms with Gasteiger partial charge in [0.25, 0.3) is 0 Å². The number of nitrogens with one attached hydrogen (secondary N) is 1. The summed E-state index contributed by atoms with van der Waals surface area (Å²) < 4.78 is 4.13. The second kappa shape index (κ2) is 4.91. The molecule has 0 bridgehead atoms. The highest BCUT2D eigenvalue weighted by atomic mass is 32.1. The van der Waals surface area contributed by atoms with Crippen LogP contribution in [0.25, 0.3) is 4.96 Å². The highest BCUT2D eigenvalue weighted by molar-refractivity contribution is 7.15. The lowest BCUT2D eigenvalue weighted by atomic mass is 10.3. The fourth-order valence-electron chi connectivity index (χ4n) is 1.92. The molecule has 6 heteroatoms. The first-order valence-corrected chi connectivity index (χ1v) is 6.79. The van der Waals surface area contributed by atoms with Crippen LogP contribution in [0.5, 0.6) is 0 Å². The number of aromatic nitrogens is 4. The second-order valence-corrected chi connectivity index (χ2v) is 5.24. The normalized spacial score (nSPS) is 13.2. The van der Waals surface area contributed by atoms with Gasteiger partial charge in [-0.25, -0.2) is 9.97 Å². The minimum Gasteiger partial charge on any atom is -0.336 e. The van der Waals surface area contributed by atoms with Gasteiger partial charge in [-0.3, -0.25) is 4.40 Å². The van der Waals surface area contributed by atoms with E-state index in [1.165, 1.54) is 0 Å². The molecule has 0 saturated carbocycles. The molecular formula is C12H15N5S. The quantitative estimate of drug-likeness (QED) is 0.761. The zero-order valence-electron chi connectivity index (χ0n) is 10.2. The summed E-state index contributed by atoms with van der Waals surface area (Å²) >= 11 is 1.66. The smallest absolute Gasteiger partial charge is 0.193 e. The van der Waals surface area contributed by atoms with E-state index >= 15 is 0 Å². The van der Waals surface area contributed by atoms with E-state index in [0.717, 1.165) is 23.7 Å². The molecule has 3 heterocycles. The Hall–Kier alpha value is -1.66. The first-order valence-electron chi connectivity index (χ1n) is 5.91. The summed E-state index contributed by atoms with van der Waals surface area (Å²) in [5.41, 5.74) is 1.08. The van der Waals surface area contributed by atoms with Gasteiger partial charge in [0.1, 0.15) is 0 Å². The van der Waals surface area contributed by atoms with Crippen LogP contribution in [0.1, 0.15) is 12.6 Å². The van der Waals surface area contributed by atoms with E-state index in [1.54, 1.807) is 17.5 Å². The number of rotatable bonds is 5. The van der Waals surface area contributed by atoms with Crippen molar-refractivity contribution < 1.29 is 0 Å². The number of thiazole rings is 1. The Morgan fingerprint density at radius 2 is 2.39 bits per heavy atom. The van der Waals surface area contributed by atoms with Crippen molar-refractivity contribution in [1.82, 2.24) is 24.3 Å². The van der Waals surface area contributed by atoms with Gasteiger partial charge in [-0.05, 0) is 6.92 Å². The SMILES string of the molecule is CC(Cn1ccnc1)NCc1cn2ccsc2n1. The van der Waals surface area contributed by atoms with Crippen LogP contribution in [0.2, 0.25) is 0 Å². The minimum absolute atomic E-state index is 0.388. The van der Waals surface area contributed by atoms with Crippen LogP contribution in [0.3, 0.4) is 0 Å². The third kappa shape index (κ3) is 2.44. The molecule has 94 valence electrons. The molecule has 18 heavy (non-hydrogen) atoms. The van der Waals surface area contributed by atoms with Gasteiger partial charge in [-0.15, -0.1) is 11.3 Å². The van der Waals surface area contributed by atoms with Gasteiger partial charge in [-0.2, -0.15) is 0 Å². The molecule has 0 fully saturated rings. The Morgan fingerprint density at radius 3 is 3.17 bits per heavy atom. The van der Waals surface area contributed by atoms with Gasteiger partial charge in [0, 0.05) is 49.3 Å². The highest BCUT2D eigenvalue weighted by Crippen LogP contribution is 2.11. The number of fused-ring (bicyclic) bond motifs is 1. The summed E-state index contributed by atoms with van der Waals surface area (Å²) in [4.78, 5) is 9.63. The van der Waals surface area contributed by atoms with Gasteiger partial charge < -0.3 is 9.88 Å². The zero-order chi connectivity index (χ0) is 12.4. The lowest BCUT2D eigenvalue weighted by Gasteiger charge is -2.13. The van der Waals surface area contributed by atoms with Crippen molar-refractivity contribution in [3.05, 3.63) is 42.2 Å². The van der Waals surface area contributed by atoms with Crippen molar-refractivity contribution >= 4 is 16.3 Å². The first-order chi connectivity index (χ1) is 8.81. The Kier molecular flexibility index (Phi) is 3.12. The highest BCUT2D eigenvalue weighted by Gasteiger charge is 2.05. The number of imidazole rings is 2. The molecule has 0 aromatic carbocycles. The Bertz CT molecular complexity index is 581. The molecule has 0 aliphatic heterocycles. The molecule has 0 radical (unpaired) electrons. The third-order valence-electron chi connectivity index (χ3n) is 2.82. The van der Waals surface area contributed by atoms with Crippen LogP contribution in [0, 0.1) is 0 Å². The van der Waals surface area contributed by atoms with E-state index in [1.807, 2.05) is 24.1 Å². The van der Waals surface area contributed by atoms with Gasteiger partial charge in [0.15, 0.2) is 4.96 Å². The molecule has 0 aliphatic rings. The minimum atomic E-state index is 0.388. The van der Waals surface area contributed by atoms with Crippen LogP contribution in [0.4, 0.5) is 0 Å². The van der Waals surface area contributed by atoms with Crippen LogP contribution in [0.15, 0.2) is 36.5 Å². The average Bonchev–Trinajstić information content (AvgIpc) is 3.01. The molecule has 3 aromatic heterocycles. The van der Waals surface area contributed by atoms with E-state index < -0.39 is 0 Å². The van der Waals surface area contributed by atoms with Crippen molar-refractivity contribution in [2.45, 2.75) is 26.1 Å². The number of hydrogen-bond acceptors (Lipinski definition) is 4. The molecular weight excluding hydrogens is 246 g/mol. The summed E-state index contributed by atoms with van der Waals surface area (Å²) in [6.07, 6.45) is 9.72. The standard InChI is InChI=1S/C12H15N5S/c1-10(7-16-3-2-13-9-16)14-6-11-8-17-4-5-18-12(17)15-11/h2-5,8-10,14H,6-7H2,1H3. The Balaban J connectivity index is 1.56. The van der Waals surface area contributed by atoms with Crippen LogP contribution in [-0.2, 0) is 13.1 Å². The first kappa shape index (κ1) is 11.4. The molecule has 0 amide bonds. The van der Waals surface area contributed by atoms with Crippen molar-refractivity contribution in [2.24, 2.45) is 0 Å². The fourth-order valence-corrected chi connectivity index (χ4v) is 2.63. The molecule has 0 saturated heterocycles. The van der Waals surface area contributed by atoms with E-state index in [0.29, 0.717) is 6.04 Å². The Labute approximate surface area is 109 Å². The van der Waals surface area contributed by atoms with Gasteiger partial charge in [-0.1, -0.05) is 0 Å². The van der Waals surface area contributed by atoms with Gasteiger partial charge in [0.05, 0.1) is 12.0 Å². The van der Waals surface area contributed by atoms with Crippen molar-refractivity contribution in [3.8, 4) is 0 Å². The molecule has 5 nitrogen and oxygen atoms in total. The lowest BCUT2D eigenvalue weighted by Crippen LogP contribution is -2.29. The topological polar surface area (TPSA) is 47.2 Å². The summed E-state index contributed by atoms with van der Waals surface area (Å²) in [5, 5.41) is 5.51. The maximum absolute atomic E-state index is 4.54. The summed E-state index contributed by atoms with van der Waals surface area (Å²) in [6.45, 7) is 3.88. The molecule has 1 atom stereocenters. The predicted molar refractivity (Wildman–Crippen MR) is 71.6 cm³/mol. The summed E-state index contributed by atoms with van der Waals surface area (Å²) in [7, 11) is 0. The average molecular weight is 261 g/mol. The molecule has 1 unspecified atom stereocenters. The monoisotopic (exact) mass is 261 g/mol. The second-order valence-electron chi connectivity index (χ2n) is 4.37. The van der Waals surface area contributed by atoms with Gasteiger partial charge >= 0.3 is 0 Å². The maximum atomic E-state index is 4.54. The van der Waals surface area contributed by atoms with Crippen LogP contribution < -0.4 is 5.32 Å². The zero-order valence-corrected chi connectivity index (χ0v) is 11.0. The molecule has 1 N–H and O–H groups in total. The van der Waals surface area contributed by atoms with E-state index in [4.69, 9.17) is 0 Å². The van der Waals surface area contributed by atoms with Crippen LogP contribution in [-0.4, -0.2) is 25.0 Å². The molecule has 0 spiro atoms. The number of nitrogens with zero attached hydrogens (tertiary/aromatic N) is 4. The number of hydrogen-bond donors (Lipinski definition) is 1.